The largest absolute Gasteiger partial charge is 0.490 e. The molecule has 2 heterocycles. The molecule has 190 valence electrons. The number of rotatable bonds is 10. The highest BCUT2D eigenvalue weighted by molar-refractivity contribution is 8.03. The van der Waals surface area contributed by atoms with E-state index in [9.17, 15) is 13.2 Å². The van der Waals surface area contributed by atoms with Gasteiger partial charge < -0.3 is 14.5 Å². The molecule has 9 heteroatoms. The third kappa shape index (κ3) is 5.91. The number of sulfonamides is 1. The molecule has 0 aromatic carbocycles. The van der Waals surface area contributed by atoms with Crippen molar-refractivity contribution in [1.29, 1.82) is 0 Å². The van der Waals surface area contributed by atoms with Gasteiger partial charge in [0.2, 0.25) is 15.9 Å². The molecule has 7 nitrogen and oxygen atoms in total. The van der Waals surface area contributed by atoms with Gasteiger partial charge in [-0.3, -0.25) is 4.79 Å². The molecule has 0 saturated carbocycles. The molecule has 2 atom stereocenters. The number of carbonyl (C=O) groups excluding carboxylic acids is 1. The van der Waals surface area contributed by atoms with E-state index < -0.39 is 15.6 Å². The van der Waals surface area contributed by atoms with Crippen LogP contribution in [-0.4, -0.2) is 72.6 Å². The fourth-order valence-electron chi connectivity index (χ4n) is 4.28. The fourth-order valence-corrected chi connectivity index (χ4v) is 7.00. The summed E-state index contributed by atoms with van der Waals surface area (Å²) in [5, 5.41) is 1.96. The van der Waals surface area contributed by atoms with Crippen LogP contribution in [0.4, 0.5) is 0 Å². The Labute approximate surface area is 209 Å². The Kier molecular flexibility index (Phi) is 8.30. The summed E-state index contributed by atoms with van der Waals surface area (Å²) in [5.41, 5.74) is 1.40. The maximum absolute atomic E-state index is 13.9. The maximum atomic E-state index is 13.9. The number of amides is 1. The Hall–Kier alpha value is -1.71. The molecule has 1 aliphatic carbocycles. The van der Waals surface area contributed by atoms with Gasteiger partial charge >= 0.3 is 0 Å². The normalized spacial score (nSPS) is 24.4. The number of ether oxygens (including phenoxy) is 1. The number of hydrogen-bond acceptors (Lipinski definition) is 6. The van der Waals surface area contributed by atoms with Crippen LogP contribution in [0.15, 0.2) is 46.1 Å². The Balaban J connectivity index is 1.89. The van der Waals surface area contributed by atoms with E-state index in [-0.39, 0.29) is 29.3 Å². The van der Waals surface area contributed by atoms with Gasteiger partial charge in [-0.05, 0) is 48.8 Å². The van der Waals surface area contributed by atoms with E-state index in [1.165, 1.54) is 4.31 Å². The van der Waals surface area contributed by atoms with Crippen molar-refractivity contribution in [2.75, 3.05) is 33.2 Å². The topological polar surface area (TPSA) is 70.2 Å². The lowest BCUT2D eigenvalue weighted by Crippen LogP contribution is -2.48. The molecular formula is C25H39N3O4S2. The van der Waals surface area contributed by atoms with Crippen LogP contribution >= 0.6 is 11.8 Å². The fraction of sp³-hybridized carbons (Fsp3) is 0.640. The van der Waals surface area contributed by atoms with Gasteiger partial charge in [0.1, 0.15) is 5.60 Å². The Morgan fingerprint density at radius 3 is 2.47 bits per heavy atom. The molecule has 3 aliphatic rings. The summed E-state index contributed by atoms with van der Waals surface area (Å²) in [5.74, 6) is 0.446. The molecule has 34 heavy (non-hydrogen) atoms. The van der Waals surface area contributed by atoms with E-state index in [2.05, 4.69) is 32.6 Å². The zero-order valence-electron chi connectivity index (χ0n) is 21.4. The highest BCUT2D eigenvalue weighted by atomic mass is 32.2. The monoisotopic (exact) mass is 509 g/mol. The molecule has 0 aromatic heterocycles. The number of nitrogens with zero attached hydrogens (tertiary/aromatic N) is 3. The third-order valence-corrected chi connectivity index (χ3v) is 9.49. The predicted molar refractivity (Wildman–Crippen MR) is 139 cm³/mol. The molecule has 1 amide bonds. The molecule has 0 spiro atoms. The molecule has 2 unspecified atom stereocenters. The van der Waals surface area contributed by atoms with Crippen molar-refractivity contribution in [2.24, 2.45) is 11.8 Å². The Morgan fingerprint density at radius 1 is 1.26 bits per heavy atom. The Bertz CT molecular complexity index is 1000. The van der Waals surface area contributed by atoms with Crippen molar-refractivity contribution in [3.8, 4) is 0 Å². The van der Waals surface area contributed by atoms with Gasteiger partial charge in [0.25, 0.3) is 0 Å². The highest BCUT2D eigenvalue weighted by Gasteiger charge is 2.39. The molecule has 2 aliphatic heterocycles. The summed E-state index contributed by atoms with van der Waals surface area (Å²) in [6, 6.07) is 0. The van der Waals surface area contributed by atoms with Gasteiger partial charge in [-0.1, -0.05) is 33.8 Å². The lowest BCUT2D eigenvalue weighted by atomic mass is 9.89. The van der Waals surface area contributed by atoms with Crippen LogP contribution in [-0.2, 0) is 19.6 Å². The first-order valence-electron chi connectivity index (χ1n) is 11.9. The zero-order valence-corrected chi connectivity index (χ0v) is 23.1. The second kappa shape index (κ2) is 10.5. The quantitative estimate of drug-likeness (QED) is 0.441. The smallest absolute Gasteiger partial charge is 0.243 e. The first-order chi connectivity index (χ1) is 15.8. The van der Waals surface area contributed by atoms with Crippen molar-refractivity contribution in [3.05, 3.63) is 46.1 Å². The lowest BCUT2D eigenvalue weighted by molar-refractivity contribution is -0.132. The number of hydrogen-bond donors (Lipinski definition) is 0. The molecule has 3 rings (SSSR count). The summed E-state index contributed by atoms with van der Waals surface area (Å²) >= 11 is 1.59. The Morgan fingerprint density at radius 2 is 1.91 bits per heavy atom. The molecule has 0 saturated heterocycles. The lowest BCUT2D eigenvalue weighted by Gasteiger charge is -2.33. The highest BCUT2D eigenvalue weighted by Crippen LogP contribution is 2.39. The third-order valence-electron chi connectivity index (χ3n) is 6.39. The second-order valence-corrected chi connectivity index (χ2v) is 13.4. The van der Waals surface area contributed by atoms with E-state index in [1.54, 1.807) is 30.2 Å². The van der Waals surface area contributed by atoms with Gasteiger partial charge in [-0.2, -0.15) is 4.31 Å². The SMILES string of the molecule is CC1=CSC(CN(CC(=O)N(CC(C)C)CC(C)C)S(=O)(=O)C2=CCC3(C)OC=CC3=C2)N1C. The van der Waals surface area contributed by atoms with Crippen molar-refractivity contribution in [2.45, 2.75) is 58.9 Å². The number of allylic oxidation sites excluding steroid dienone is 2. The van der Waals surface area contributed by atoms with E-state index in [0.717, 1.165) is 11.3 Å². The molecule has 0 bridgehead atoms. The van der Waals surface area contributed by atoms with Gasteiger partial charge in [0.05, 0.1) is 23.1 Å². The van der Waals surface area contributed by atoms with Crippen LogP contribution in [0.3, 0.4) is 0 Å². The van der Waals surface area contributed by atoms with E-state index >= 15 is 0 Å². The van der Waals surface area contributed by atoms with Crippen molar-refractivity contribution in [3.63, 3.8) is 0 Å². The van der Waals surface area contributed by atoms with E-state index in [0.29, 0.717) is 31.3 Å². The summed E-state index contributed by atoms with van der Waals surface area (Å²) in [7, 11) is -1.93. The van der Waals surface area contributed by atoms with Crippen LogP contribution in [0.5, 0.6) is 0 Å². The average molecular weight is 510 g/mol. The van der Waals surface area contributed by atoms with Gasteiger partial charge in [-0.15, -0.1) is 11.8 Å². The molecule has 0 radical (unpaired) electrons. The van der Waals surface area contributed by atoms with E-state index in [4.69, 9.17) is 4.74 Å². The van der Waals surface area contributed by atoms with Crippen molar-refractivity contribution < 1.29 is 17.9 Å². The molecule has 0 N–H and O–H groups in total. The van der Waals surface area contributed by atoms with Crippen LogP contribution in [0.25, 0.3) is 0 Å². The van der Waals surface area contributed by atoms with E-state index in [1.807, 2.05) is 37.3 Å². The summed E-state index contributed by atoms with van der Waals surface area (Å²) in [6.45, 7) is 13.5. The maximum Gasteiger partial charge on any atom is 0.243 e. The van der Waals surface area contributed by atoms with Gasteiger partial charge in [0, 0.05) is 38.8 Å². The summed E-state index contributed by atoms with van der Waals surface area (Å²) in [4.78, 5) is 17.5. The number of fused-ring (bicyclic) bond motifs is 1. The van der Waals surface area contributed by atoms with Crippen LogP contribution in [0.1, 0.15) is 48.0 Å². The minimum atomic E-state index is -3.89. The first kappa shape index (κ1) is 26.9. The average Bonchev–Trinajstić information content (AvgIpc) is 3.28. The minimum Gasteiger partial charge on any atom is -0.490 e. The first-order valence-corrected chi connectivity index (χ1v) is 14.3. The summed E-state index contributed by atoms with van der Waals surface area (Å²) < 4.78 is 34.8. The number of thioether (sulfide) groups is 1. The van der Waals surface area contributed by atoms with Crippen LogP contribution < -0.4 is 0 Å². The standard InChI is InChI=1S/C25H39N3O4S2/c1-18(2)13-27(14-19(3)4)23(29)15-28(16-24-26(7)20(5)17-33-24)34(30,31)22-8-10-25(6)21(12-22)9-11-32-25/h8-9,11-12,17-19,24H,10,13-16H2,1-7H3. The number of carbonyl (C=O) groups is 1. The predicted octanol–water partition coefficient (Wildman–Crippen LogP) is 4.14. The second-order valence-electron chi connectivity index (χ2n) is 10.4. The minimum absolute atomic E-state index is 0.0805. The molecule has 0 aromatic rings. The van der Waals surface area contributed by atoms with Crippen LogP contribution in [0.2, 0.25) is 0 Å². The van der Waals surface area contributed by atoms with Crippen molar-refractivity contribution >= 4 is 27.7 Å². The molecular weight excluding hydrogens is 470 g/mol. The van der Waals surface area contributed by atoms with Crippen molar-refractivity contribution in [1.82, 2.24) is 14.1 Å². The van der Waals surface area contributed by atoms with Crippen LogP contribution in [0, 0.1) is 11.8 Å². The zero-order chi connectivity index (χ0) is 25.3. The van der Waals surface area contributed by atoms with Gasteiger partial charge in [-0.25, -0.2) is 8.42 Å². The van der Waals surface area contributed by atoms with Gasteiger partial charge in [0.15, 0.2) is 0 Å². The number of likely N-dealkylation sites (N-methyl/N-ethyl adjacent to an activating group) is 1. The summed E-state index contributed by atoms with van der Waals surface area (Å²) in [6.07, 6.45) is 7.31. The molecule has 0 fully saturated rings.